The van der Waals surface area contributed by atoms with E-state index in [1.54, 1.807) is 0 Å². The molecular weight excluding hydrogens is 628 g/mol. The second kappa shape index (κ2) is 19.1. The van der Waals surface area contributed by atoms with Crippen LogP contribution in [-0.4, -0.2) is 41.4 Å². The number of benzene rings is 1. The zero-order chi connectivity index (χ0) is 36.1. The molecule has 0 radical (unpaired) electrons. The molecule has 1 aromatic rings. The van der Waals surface area contributed by atoms with Gasteiger partial charge in [-0.05, 0) is 101 Å². The van der Waals surface area contributed by atoms with Gasteiger partial charge in [0.2, 0.25) is 11.8 Å². The molecule has 1 aromatic carbocycles. The molecule has 8 nitrogen and oxygen atoms in total. The molecule has 3 saturated carbocycles. The molecule has 4 rings (SSSR count). The van der Waals surface area contributed by atoms with Crippen LogP contribution in [0.5, 0.6) is 0 Å². The van der Waals surface area contributed by atoms with Crippen molar-refractivity contribution in [2.24, 2.45) is 29.1 Å². The number of hydrogen-bond acceptors (Lipinski definition) is 6. The predicted molar refractivity (Wildman–Crippen MR) is 197 cm³/mol. The summed E-state index contributed by atoms with van der Waals surface area (Å²) in [7, 11) is 0. The Bertz CT molecular complexity index is 1240. The van der Waals surface area contributed by atoms with Crippen LogP contribution in [0.25, 0.3) is 0 Å². The number of carbonyl (C=O) groups is 4. The Morgan fingerprint density at radius 3 is 1.96 bits per heavy atom. The summed E-state index contributed by atoms with van der Waals surface area (Å²) < 4.78 is 11.4. The number of hydrogen-bond donors (Lipinski definition) is 2. The molecule has 0 unspecified atom stereocenters. The summed E-state index contributed by atoms with van der Waals surface area (Å²) >= 11 is 0. The van der Waals surface area contributed by atoms with Crippen LogP contribution in [0.1, 0.15) is 156 Å². The van der Waals surface area contributed by atoms with Crippen LogP contribution in [0.15, 0.2) is 30.3 Å². The normalized spacial score (nSPS) is 25.1. The van der Waals surface area contributed by atoms with Gasteiger partial charge < -0.3 is 20.1 Å². The van der Waals surface area contributed by atoms with Crippen molar-refractivity contribution in [3.63, 3.8) is 0 Å². The predicted octanol–water partition coefficient (Wildman–Crippen LogP) is 8.59. The zero-order valence-corrected chi connectivity index (χ0v) is 31.7. The van der Waals surface area contributed by atoms with Crippen molar-refractivity contribution in [2.75, 3.05) is 0 Å². The van der Waals surface area contributed by atoms with E-state index in [9.17, 15) is 19.2 Å². The van der Waals surface area contributed by atoms with Crippen LogP contribution in [0, 0.1) is 29.1 Å². The van der Waals surface area contributed by atoms with Crippen molar-refractivity contribution in [1.29, 1.82) is 0 Å². The second-order valence-corrected chi connectivity index (χ2v) is 16.6. The summed E-state index contributed by atoms with van der Waals surface area (Å²) in [6.45, 7) is 10.0. The van der Waals surface area contributed by atoms with Crippen LogP contribution in [0.3, 0.4) is 0 Å². The van der Waals surface area contributed by atoms with Crippen molar-refractivity contribution in [3.05, 3.63) is 35.9 Å². The number of ether oxygens (including phenoxy) is 2. The molecule has 0 aromatic heterocycles. The molecule has 8 heteroatoms. The van der Waals surface area contributed by atoms with Gasteiger partial charge in [0.1, 0.15) is 12.2 Å². The van der Waals surface area contributed by atoms with Gasteiger partial charge in [0.05, 0.1) is 5.92 Å². The number of nitrogens with one attached hydrogen (secondary N) is 2. The first-order valence-corrected chi connectivity index (χ1v) is 20.0. The molecule has 2 N–H and O–H groups in total. The van der Waals surface area contributed by atoms with Crippen LogP contribution in [-0.2, 0) is 35.3 Å². The third-order valence-electron chi connectivity index (χ3n) is 11.8. The molecule has 50 heavy (non-hydrogen) atoms. The van der Waals surface area contributed by atoms with E-state index in [4.69, 9.17) is 9.47 Å². The molecule has 280 valence electrons. The maximum absolute atomic E-state index is 14.1. The van der Waals surface area contributed by atoms with E-state index in [0.29, 0.717) is 32.1 Å². The van der Waals surface area contributed by atoms with Crippen LogP contribution < -0.4 is 10.6 Å². The standard InChI is InChI=1S/C42H66N2O6/c1-6-31(39(47)44-36-23-15-13-21-34(36)32(7-2)40(48)49-29-30-18-10-8-11-19-30)33-20-12-14-22-35(33)43-37(45)28-42(25-16-9-17-26-42)27-24-38(46)50-41(3,4)5/h8,10-11,18-19,31-36H,6-7,9,12-17,20-29H2,1-5H3,(H,43,45)(H,44,47)/t31-,32-,33-,34-,35-,36-/m1/s1. The Kier molecular flexibility index (Phi) is 15.2. The van der Waals surface area contributed by atoms with E-state index in [0.717, 1.165) is 82.6 Å². The monoisotopic (exact) mass is 694 g/mol. The van der Waals surface area contributed by atoms with E-state index in [1.165, 1.54) is 6.42 Å². The van der Waals surface area contributed by atoms with Gasteiger partial charge >= 0.3 is 11.9 Å². The zero-order valence-electron chi connectivity index (χ0n) is 31.7. The fourth-order valence-corrected chi connectivity index (χ4v) is 9.27. The average molecular weight is 695 g/mol. The number of rotatable bonds is 15. The lowest BCUT2D eigenvalue weighted by atomic mass is 9.68. The Morgan fingerprint density at radius 1 is 0.780 bits per heavy atom. The number of esters is 2. The van der Waals surface area contributed by atoms with E-state index < -0.39 is 5.60 Å². The highest BCUT2D eigenvalue weighted by Crippen LogP contribution is 2.44. The molecule has 2 amide bonds. The van der Waals surface area contributed by atoms with Crippen LogP contribution >= 0.6 is 0 Å². The lowest BCUT2D eigenvalue weighted by Crippen LogP contribution is -2.52. The van der Waals surface area contributed by atoms with Crippen molar-refractivity contribution >= 4 is 23.8 Å². The summed E-state index contributed by atoms with van der Waals surface area (Å²) in [5.41, 5.74) is 0.272. The maximum Gasteiger partial charge on any atom is 0.309 e. The van der Waals surface area contributed by atoms with Crippen LogP contribution in [0.2, 0.25) is 0 Å². The molecular formula is C42H66N2O6. The second-order valence-electron chi connectivity index (χ2n) is 16.6. The minimum absolute atomic E-state index is 0.0445. The van der Waals surface area contributed by atoms with Crippen molar-refractivity contribution in [2.45, 2.75) is 174 Å². The average Bonchev–Trinajstić information content (AvgIpc) is 3.09. The van der Waals surface area contributed by atoms with E-state index in [-0.39, 0.29) is 71.5 Å². The van der Waals surface area contributed by atoms with Gasteiger partial charge in [0.25, 0.3) is 0 Å². The van der Waals surface area contributed by atoms with E-state index in [2.05, 4.69) is 17.6 Å². The first kappa shape index (κ1) is 39.9. The minimum Gasteiger partial charge on any atom is -0.461 e. The number of amides is 2. The highest BCUT2D eigenvalue weighted by Gasteiger charge is 2.41. The van der Waals surface area contributed by atoms with Gasteiger partial charge in [0, 0.05) is 30.8 Å². The van der Waals surface area contributed by atoms with Crippen LogP contribution in [0.4, 0.5) is 0 Å². The fourth-order valence-electron chi connectivity index (χ4n) is 9.27. The summed E-state index contributed by atoms with van der Waals surface area (Å²) in [6.07, 6.45) is 15.8. The van der Waals surface area contributed by atoms with Gasteiger partial charge in [-0.1, -0.05) is 89.1 Å². The number of carbonyl (C=O) groups excluding carboxylic acids is 4. The Hall–Kier alpha value is -2.90. The maximum atomic E-state index is 14.1. The Labute approximate surface area is 302 Å². The first-order valence-electron chi connectivity index (χ1n) is 20.0. The highest BCUT2D eigenvalue weighted by atomic mass is 16.6. The molecule has 3 aliphatic carbocycles. The van der Waals surface area contributed by atoms with Crippen molar-refractivity contribution < 1.29 is 28.7 Å². The minimum atomic E-state index is -0.518. The highest BCUT2D eigenvalue weighted by molar-refractivity contribution is 5.80. The smallest absolute Gasteiger partial charge is 0.309 e. The molecule has 3 aliphatic rings. The molecule has 6 atom stereocenters. The summed E-state index contributed by atoms with van der Waals surface area (Å²) in [4.78, 5) is 53.9. The molecule has 0 spiro atoms. The summed E-state index contributed by atoms with van der Waals surface area (Å²) in [6, 6.07) is 9.66. The summed E-state index contributed by atoms with van der Waals surface area (Å²) in [5.74, 6) is -0.598. The molecule has 0 saturated heterocycles. The largest absolute Gasteiger partial charge is 0.461 e. The first-order chi connectivity index (χ1) is 23.9. The van der Waals surface area contributed by atoms with Gasteiger partial charge in [-0.3, -0.25) is 19.2 Å². The van der Waals surface area contributed by atoms with Crippen molar-refractivity contribution in [1.82, 2.24) is 10.6 Å². The quantitative estimate of drug-likeness (QED) is 0.178. The van der Waals surface area contributed by atoms with Gasteiger partial charge in [-0.2, -0.15) is 0 Å². The lowest BCUT2D eigenvalue weighted by molar-refractivity contribution is -0.156. The molecule has 3 fully saturated rings. The van der Waals surface area contributed by atoms with E-state index in [1.807, 2.05) is 58.0 Å². The molecule has 0 aliphatic heterocycles. The summed E-state index contributed by atoms with van der Waals surface area (Å²) in [5, 5.41) is 6.87. The third kappa shape index (κ3) is 11.8. The van der Waals surface area contributed by atoms with E-state index >= 15 is 0 Å². The third-order valence-corrected chi connectivity index (χ3v) is 11.8. The van der Waals surface area contributed by atoms with Gasteiger partial charge in [-0.25, -0.2) is 0 Å². The fraction of sp³-hybridized carbons (Fsp3) is 0.762. The Balaban J connectivity index is 1.38. The molecule has 0 bridgehead atoms. The van der Waals surface area contributed by atoms with Gasteiger partial charge in [-0.15, -0.1) is 0 Å². The SMILES string of the molecule is CC[C@@H](C(=O)N[C@@H]1CCCC[C@@H]1[C@@H](CC)C(=O)OCc1ccccc1)[C@H]1CCCC[C@H]1NC(=O)CC1(CCC(=O)OC(C)(C)C)CCCCC1. The lowest BCUT2D eigenvalue weighted by Gasteiger charge is -2.41. The molecule has 0 heterocycles. The topological polar surface area (TPSA) is 111 Å². The Morgan fingerprint density at radius 2 is 1.36 bits per heavy atom. The van der Waals surface area contributed by atoms with Gasteiger partial charge in [0.15, 0.2) is 0 Å². The van der Waals surface area contributed by atoms with Crippen molar-refractivity contribution in [3.8, 4) is 0 Å².